The van der Waals surface area contributed by atoms with E-state index >= 15 is 0 Å². The number of nitrogens with one attached hydrogen (secondary N) is 1. The van der Waals surface area contributed by atoms with Gasteiger partial charge in [-0.3, -0.25) is 9.59 Å². The number of alkyl halides is 3. The first-order valence-electron chi connectivity index (χ1n) is 15.8. The number of methoxy groups -OCH3 is 1. The highest BCUT2D eigenvalue weighted by Crippen LogP contribution is 2.49. The van der Waals surface area contributed by atoms with Crippen LogP contribution in [0.3, 0.4) is 0 Å². The average molecular weight is 670 g/mol. The van der Waals surface area contributed by atoms with Crippen LogP contribution in [0, 0.1) is 11.7 Å². The number of piperidine rings is 1. The molecule has 1 spiro atoms. The van der Waals surface area contributed by atoms with Crippen LogP contribution in [0.25, 0.3) is 11.3 Å². The van der Waals surface area contributed by atoms with Gasteiger partial charge in [0.05, 0.1) is 19.0 Å². The maximum absolute atomic E-state index is 15.0. The van der Waals surface area contributed by atoms with Crippen LogP contribution in [-0.2, 0) is 16.3 Å². The van der Waals surface area contributed by atoms with Crippen molar-refractivity contribution >= 4 is 19.9 Å². The third-order valence-corrected chi connectivity index (χ3v) is 11.3. The Hall–Kier alpha value is -3.04. The fraction of sp³-hybridized carbons (Fsp3) is 0.677. The Balaban J connectivity index is 1.27. The molecule has 1 aliphatic heterocycles. The number of aromatic nitrogens is 3. The molecule has 1 unspecified atom stereocenters. The molecule has 2 saturated carbocycles. The van der Waals surface area contributed by atoms with E-state index in [9.17, 15) is 32.3 Å². The van der Waals surface area contributed by atoms with E-state index in [4.69, 9.17) is 9.47 Å². The Morgan fingerprint density at radius 1 is 1.13 bits per heavy atom. The third-order valence-electron chi connectivity index (χ3n) is 9.55. The zero-order valence-corrected chi connectivity index (χ0v) is 27.8. The van der Waals surface area contributed by atoms with Crippen molar-refractivity contribution in [3.63, 3.8) is 0 Å². The normalized spacial score (nSPS) is 24.6. The summed E-state index contributed by atoms with van der Waals surface area (Å²) < 4.78 is 67.2. The Kier molecular flexibility index (Phi) is 9.59. The highest BCUT2D eigenvalue weighted by molar-refractivity contribution is 6.76. The molecule has 2 aliphatic carbocycles. The van der Waals surface area contributed by atoms with Crippen molar-refractivity contribution in [1.29, 1.82) is 0 Å². The molecular weight excluding hydrogens is 626 g/mol. The number of rotatable bonds is 10. The van der Waals surface area contributed by atoms with E-state index < -0.39 is 50.0 Å². The maximum Gasteiger partial charge on any atom is 0.417 e. The molecule has 3 heterocycles. The molecule has 2 aromatic rings. The van der Waals surface area contributed by atoms with E-state index in [-0.39, 0.29) is 54.6 Å². The quantitative estimate of drug-likeness (QED) is 0.204. The van der Waals surface area contributed by atoms with Crippen molar-refractivity contribution in [3.05, 3.63) is 29.8 Å². The molecule has 1 saturated heterocycles. The molecule has 2 amide bonds. The van der Waals surface area contributed by atoms with Crippen LogP contribution in [0.4, 0.5) is 17.6 Å². The van der Waals surface area contributed by atoms with Crippen LogP contribution >= 0.6 is 0 Å². The van der Waals surface area contributed by atoms with Gasteiger partial charge in [0.2, 0.25) is 11.8 Å². The molecule has 2 N–H and O–H groups in total. The minimum absolute atomic E-state index is 0.0258. The predicted molar refractivity (Wildman–Crippen MR) is 163 cm³/mol. The molecule has 0 aromatic carbocycles. The summed E-state index contributed by atoms with van der Waals surface area (Å²) in [7, 11) is 0.0750. The number of carbonyl (C=O) groups excluding carboxylic acids is 2. The van der Waals surface area contributed by atoms with Gasteiger partial charge >= 0.3 is 6.18 Å². The molecule has 254 valence electrons. The largest absolute Gasteiger partial charge is 0.481 e. The number of carbonyl (C=O) groups is 2. The van der Waals surface area contributed by atoms with Gasteiger partial charge in [0.25, 0.3) is 5.91 Å². The number of amides is 2. The van der Waals surface area contributed by atoms with Gasteiger partial charge in [-0.15, -0.1) is 0 Å². The van der Waals surface area contributed by atoms with E-state index in [0.717, 1.165) is 25.1 Å². The molecular formula is C31H43F4N5O5Si. The Morgan fingerprint density at radius 2 is 1.83 bits per heavy atom. The lowest BCUT2D eigenvalue weighted by molar-refractivity contribution is -0.271. The molecule has 15 heteroatoms. The fourth-order valence-corrected chi connectivity index (χ4v) is 7.20. The summed E-state index contributed by atoms with van der Waals surface area (Å²) in [6.07, 6.45) is -2.26. The zero-order chi connectivity index (χ0) is 33.5. The second-order valence-corrected chi connectivity index (χ2v) is 19.8. The SMILES string of the molecule is COc1cc(-c2cc(C(=O)N3CCC(NC(=O)C4CCC(O)(C(F)(F)F)CC4)CC34CC4)nn2COCC[Si](C)(C)C)c(F)cn1. The molecule has 0 bridgehead atoms. The average Bonchev–Trinajstić information content (AvgIpc) is 3.61. The number of pyridine rings is 1. The molecule has 1 atom stereocenters. The van der Waals surface area contributed by atoms with Gasteiger partial charge in [0.15, 0.2) is 17.1 Å². The van der Waals surface area contributed by atoms with Gasteiger partial charge in [0.1, 0.15) is 6.73 Å². The first-order valence-corrected chi connectivity index (χ1v) is 19.5. The predicted octanol–water partition coefficient (Wildman–Crippen LogP) is 5.14. The van der Waals surface area contributed by atoms with Crippen LogP contribution in [0.5, 0.6) is 5.88 Å². The van der Waals surface area contributed by atoms with Crippen LogP contribution in [0.15, 0.2) is 18.3 Å². The number of aliphatic hydroxyl groups is 1. The van der Waals surface area contributed by atoms with Crippen LogP contribution in [0.2, 0.25) is 25.7 Å². The monoisotopic (exact) mass is 669 g/mol. The third kappa shape index (κ3) is 7.41. The van der Waals surface area contributed by atoms with E-state index in [1.165, 1.54) is 17.9 Å². The number of halogens is 4. The lowest BCUT2D eigenvalue weighted by Gasteiger charge is -2.41. The van der Waals surface area contributed by atoms with Crippen molar-refractivity contribution in [3.8, 4) is 17.1 Å². The van der Waals surface area contributed by atoms with E-state index in [1.54, 1.807) is 11.0 Å². The summed E-state index contributed by atoms with van der Waals surface area (Å²) in [4.78, 5) is 32.6. The smallest absolute Gasteiger partial charge is 0.417 e. The number of nitrogens with zero attached hydrogens (tertiary/aromatic N) is 4. The summed E-state index contributed by atoms with van der Waals surface area (Å²) >= 11 is 0. The minimum atomic E-state index is -4.72. The van der Waals surface area contributed by atoms with E-state index in [0.29, 0.717) is 31.7 Å². The molecule has 3 aliphatic rings. The number of hydrogen-bond donors (Lipinski definition) is 2. The van der Waals surface area contributed by atoms with Gasteiger partial charge in [-0.2, -0.15) is 18.3 Å². The van der Waals surface area contributed by atoms with Crippen LogP contribution in [0.1, 0.15) is 61.9 Å². The van der Waals surface area contributed by atoms with Gasteiger partial charge < -0.3 is 24.8 Å². The van der Waals surface area contributed by atoms with Gasteiger partial charge in [0, 0.05) is 50.4 Å². The molecule has 0 radical (unpaired) electrons. The number of likely N-dealkylation sites (tertiary alicyclic amines) is 1. The summed E-state index contributed by atoms with van der Waals surface area (Å²) in [5, 5.41) is 17.5. The molecule has 3 fully saturated rings. The molecule has 46 heavy (non-hydrogen) atoms. The maximum atomic E-state index is 15.0. The summed E-state index contributed by atoms with van der Waals surface area (Å²) in [6, 6.07) is 3.70. The lowest BCUT2D eigenvalue weighted by Crippen LogP contribution is -2.55. The van der Waals surface area contributed by atoms with Gasteiger partial charge in [-0.05, 0) is 63.5 Å². The number of hydrogen-bond acceptors (Lipinski definition) is 7. The second-order valence-electron chi connectivity index (χ2n) is 14.2. The van der Waals surface area contributed by atoms with Gasteiger partial charge in [-0.1, -0.05) is 19.6 Å². The Morgan fingerprint density at radius 3 is 2.43 bits per heavy atom. The lowest BCUT2D eigenvalue weighted by atomic mass is 9.78. The zero-order valence-electron chi connectivity index (χ0n) is 26.8. The standard InChI is InChI=1S/C31H43F4N5O5Si/c1-44-26-15-22(23(32)18-36-26)25-16-24(38-40(25)19-45-13-14-46(2,3)4)28(42)39-12-7-21(17-29(39)10-11-29)37-27(41)20-5-8-30(43,9-6-20)31(33,34)35/h15-16,18,20-21,43H,5-14,17,19H2,1-4H3,(H,37,41). The van der Waals surface area contributed by atoms with Crippen molar-refractivity contribution in [2.45, 2.75) is 107 Å². The van der Waals surface area contributed by atoms with E-state index in [1.807, 2.05) is 0 Å². The first kappa shape index (κ1) is 34.3. The molecule has 10 nitrogen and oxygen atoms in total. The Bertz CT molecular complexity index is 1430. The summed E-state index contributed by atoms with van der Waals surface area (Å²) in [6.45, 7) is 7.60. The van der Waals surface area contributed by atoms with Crippen molar-refractivity contribution < 1.29 is 41.7 Å². The van der Waals surface area contributed by atoms with Crippen LogP contribution < -0.4 is 10.1 Å². The molecule has 5 rings (SSSR count). The van der Waals surface area contributed by atoms with E-state index in [2.05, 4.69) is 35.0 Å². The Labute approximate surface area is 266 Å². The minimum Gasteiger partial charge on any atom is -0.481 e. The first-order chi connectivity index (χ1) is 21.5. The topological polar surface area (TPSA) is 119 Å². The summed E-state index contributed by atoms with van der Waals surface area (Å²) in [5.41, 5.74) is -2.53. The number of ether oxygens (including phenoxy) is 2. The van der Waals surface area contributed by atoms with Crippen molar-refractivity contribution in [2.24, 2.45) is 5.92 Å². The van der Waals surface area contributed by atoms with Gasteiger partial charge in [-0.25, -0.2) is 14.1 Å². The van der Waals surface area contributed by atoms with Crippen LogP contribution in [-0.4, -0.2) is 88.3 Å². The molecule has 2 aromatic heterocycles. The fourth-order valence-electron chi connectivity index (χ4n) is 6.44. The highest BCUT2D eigenvalue weighted by atomic mass is 28.3. The van der Waals surface area contributed by atoms with Crippen molar-refractivity contribution in [1.82, 2.24) is 25.0 Å². The summed E-state index contributed by atoms with van der Waals surface area (Å²) in [5.74, 6) is -1.59. The second kappa shape index (κ2) is 12.9. The highest BCUT2D eigenvalue weighted by Gasteiger charge is 2.56. The van der Waals surface area contributed by atoms with Crippen molar-refractivity contribution in [2.75, 3.05) is 20.3 Å².